The van der Waals surface area contributed by atoms with Crippen molar-refractivity contribution in [2.45, 2.75) is 6.04 Å². The van der Waals surface area contributed by atoms with Crippen molar-refractivity contribution in [1.29, 1.82) is 0 Å². The largest absolute Gasteiger partial charge is 0.303 e. The fourth-order valence-corrected chi connectivity index (χ4v) is 3.27. The monoisotopic (exact) mass is 266 g/mol. The minimum atomic E-state index is 0.431. The first-order valence-electron chi connectivity index (χ1n) is 5.85. The Hall–Kier alpha value is -0.450. The summed E-state index contributed by atoms with van der Waals surface area (Å²) in [5.74, 6) is 2.01. The van der Waals surface area contributed by atoms with Crippen LogP contribution in [0.3, 0.4) is 0 Å². The Labute approximate surface area is 113 Å². The zero-order chi connectivity index (χ0) is 12.1. The third-order valence-electron chi connectivity index (χ3n) is 2.74. The lowest BCUT2D eigenvalue weighted by Gasteiger charge is -2.17. The summed E-state index contributed by atoms with van der Waals surface area (Å²) in [7, 11) is 2.14. The second-order valence-electron chi connectivity index (χ2n) is 4.25. The zero-order valence-electron chi connectivity index (χ0n) is 10.0. The average Bonchev–Trinajstić information content (AvgIpc) is 2.79. The molecule has 17 heavy (non-hydrogen) atoms. The van der Waals surface area contributed by atoms with Crippen LogP contribution in [0.5, 0.6) is 0 Å². The fourth-order valence-electron chi connectivity index (χ4n) is 1.87. The summed E-state index contributed by atoms with van der Waals surface area (Å²) in [6.07, 6.45) is 0. The normalized spacial score (nSPS) is 19.7. The van der Waals surface area contributed by atoms with E-state index in [1.807, 2.05) is 17.8 Å². The number of hydrogen-bond acceptors (Lipinski definition) is 4. The smallest absolute Gasteiger partial charge is 0.0981 e. The van der Waals surface area contributed by atoms with E-state index in [0.717, 1.165) is 24.6 Å². The molecule has 1 aromatic carbocycles. The van der Waals surface area contributed by atoms with Crippen molar-refractivity contribution < 1.29 is 0 Å². The topological polar surface area (TPSA) is 15.6 Å². The molecule has 0 spiro atoms. The first-order chi connectivity index (χ1) is 8.29. The molecular formula is C13H18N2S2. The Kier molecular flexibility index (Phi) is 4.95. The lowest BCUT2D eigenvalue weighted by atomic mass is 10.2. The number of likely N-dealkylation sites (N-methyl/N-ethyl adjacent to an activating group) is 1. The summed E-state index contributed by atoms with van der Waals surface area (Å²) in [4.78, 5) is 7.09. The third-order valence-corrected chi connectivity index (χ3v) is 4.10. The summed E-state index contributed by atoms with van der Waals surface area (Å²) in [5, 5.41) is 1.19. The number of rotatable bonds is 5. The highest BCUT2D eigenvalue weighted by molar-refractivity contribution is 8.14. The molecule has 0 radical (unpaired) electrons. The molecule has 1 aliphatic heterocycles. The molecule has 0 saturated carbocycles. The van der Waals surface area contributed by atoms with Gasteiger partial charge >= 0.3 is 0 Å². The maximum atomic E-state index is 4.79. The van der Waals surface area contributed by atoms with Crippen LogP contribution in [0.4, 0.5) is 0 Å². The van der Waals surface area contributed by atoms with Gasteiger partial charge in [-0.2, -0.15) is 12.6 Å². The van der Waals surface area contributed by atoms with Crippen molar-refractivity contribution in [1.82, 2.24) is 4.90 Å². The van der Waals surface area contributed by atoms with Crippen LogP contribution in [-0.4, -0.2) is 47.6 Å². The fraction of sp³-hybridized carbons (Fsp3) is 0.462. The Bertz CT molecular complexity index is 378. The quantitative estimate of drug-likeness (QED) is 0.824. The highest BCUT2D eigenvalue weighted by Crippen LogP contribution is 2.23. The molecule has 0 aliphatic carbocycles. The van der Waals surface area contributed by atoms with Crippen LogP contribution in [0.2, 0.25) is 0 Å². The molecule has 0 N–H and O–H groups in total. The zero-order valence-corrected chi connectivity index (χ0v) is 11.8. The Balaban J connectivity index is 1.95. The van der Waals surface area contributed by atoms with Crippen molar-refractivity contribution in [3.05, 3.63) is 35.9 Å². The minimum absolute atomic E-state index is 0.431. The summed E-state index contributed by atoms with van der Waals surface area (Å²) in [5.41, 5.74) is 1.25. The molecule has 0 bridgehead atoms. The standard InChI is InChI=1S/C13H18N2S2/c1-15(7-8-16)9-12-10-17-13(14-12)11-5-3-2-4-6-11/h2-6,12,16H,7-10H2,1H3. The molecule has 0 aromatic heterocycles. The van der Waals surface area contributed by atoms with Crippen molar-refractivity contribution >= 4 is 29.4 Å². The van der Waals surface area contributed by atoms with E-state index in [4.69, 9.17) is 4.99 Å². The van der Waals surface area contributed by atoms with Crippen molar-refractivity contribution in [2.75, 3.05) is 31.6 Å². The molecular weight excluding hydrogens is 248 g/mol. The molecule has 1 unspecified atom stereocenters. The molecule has 1 heterocycles. The van der Waals surface area contributed by atoms with E-state index in [0.29, 0.717) is 6.04 Å². The Morgan fingerprint density at radius 3 is 2.88 bits per heavy atom. The van der Waals surface area contributed by atoms with Gasteiger partial charge in [-0.15, -0.1) is 11.8 Å². The summed E-state index contributed by atoms with van der Waals surface area (Å²) >= 11 is 6.12. The average molecular weight is 266 g/mol. The van der Waals surface area contributed by atoms with Crippen LogP contribution in [-0.2, 0) is 0 Å². The minimum Gasteiger partial charge on any atom is -0.303 e. The summed E-state index contributed by atoms with van der Waals surface area (Å²) < 4.78 is 0. The molecule has 2 nitrogen and oxygen atoms in total. The van der Waals surface area contributed by atoms with E-state index in [9.17, 15) is 0 Å². The molecule has 92 valence electrons. The Morgan fingerprint density at radius 2 is 2.18 bits per heavy atom. The van der Waals surface area contributed by atoms with Crippen LogP contribution in [0.15, 0.2) is 35.3 Å². The van der Waals surface area contributed by atoms with E-state index in [1.54, 1.807) is 0 Å². The predicted octanol–water partition coefficient (Wildman–Crippen LogP) is 2.41. The number of benzene rings is 1. The third kappa shape index (κ3) is 3.76. The first kappa shape index (κ1) is 13.0. The van der Waals surface area contributed by atoms with Gasteiger partial charge in [0.05, 0.1) is 11.1 Å². The molecule has 4 heteroatoms. The summed E-state index contributed by atoms with van der Waals surface area (Å²) in [6, 6.07) is 10.9. The van der Waals surface area contributed by atoms with Gasteiger partial charge in [-0.05, 0) is 7.05 Å². The molecule has 2 rings (SSSR count). The van der Waals surface area contributed by atoms with Crippen LogP contribution in [0, 0.1) is 0 Å². The highest BCUT2D eigenvalue weighted by Gasteiger charge is 2.20. The number of hydrogen-bond donors (Lipinski definition) is 1. The lowest BCUT2D eigenvalue weighted by Crippen LogP contribution is -2.29. The SMILES string of the molecule is CN(CCS)CC1CSC(c2ccccc2)=N1. The maximum absolute atomic E-state index is 4.79. The van der Waals surface area contributed by atoms with Crippen molar-refractivity contribution in [2.24, 2.45) is 4.99 Å². The Morgan fingerprint density at radius 1 is 1.41 bits per heavy atom. The lowest BCUT2D eigenvalue weighted by molar-refractivity contribution is 0.340. The number of nitrogens with zero attached hydrogens (tertiary/aromatic N) is 2. The highest BCUT2D eigenvalue weighted by atomic mass is 32.2. The second kappa shape index (κ2) is 6.47. The van der Waals surface area contributed by atoms with Crippen LogP contribution >= 0.6 is 24.4 Å². The van der Waals surface area contributed by atoms with Crippen LogP contribution in [0.1, 0.15) is 5.56 Å². The summed E-state index contributed by atoms with van der Waals surface area (Å²) in [6.45, 7) is 2.06. The van der Waals surface area contributed by atoms with Crippen LogP contribution < -0.4 is 0 Å². The van der Waals surface area contributed by atoms with E-state index in [2.05, 4.69) is 48.8 Å². The molecule has 1 aromatic rings. The number of thioether (sulfide) groups is 1. The van der Waals surface area contributed by atoms with Gasteiger partial charge in [0.15, 0.2) is 0 Å². The maximum Gasteiger partial charge on any atom is 0.0981 e. The van der Waals surface area contributed by atoms with Gasteiger partial charge in [-0.25, -0.2) is 0 Å². The van der Waals surface area contributed by atoms with E-state index < -0.39 is 0 Å². The van der Waals surface area contributed by atoms with Crippen LogP contribution in [0.25, 0.3) is 0 Å². The van der Waals surface area contributed by atoms with Crippen molar-refractivity contribution in [3.63, 3.8) is 0 Å². The van der Waals surface area contributed by atoms with Gasteiger partial charge in [0, 0.05) is 30.2 Å². The van der Waals surface area contributed by atoms with E-state index >= 15 is 0 Å². The molecule has 0 fully saturated rings. The number of aliphatic imine (C=N–C) groups is 1. The van der Waals surface area contributed by atoms with E-state index in [-0.39, 0.29) is 0 Å². The molecule has 1 atom stereocenters. The van der Waals surface area contributed by atoms with Crippen molar-refractivity contribution in [3.8, 4) is 0 Å². The van der Waals surface area contributed by atoms with Gasteiger partial charge in [0.1, 0.15) is 0 Å². The second-order valence-corrected chi connectivity index (χ2v) is 5.71. The van der Waals surface area contributed by atoms with Gasteiger partial charge in [-0.3, -0.25) is 4.99 Å². The van der Waals surface area contributed by atoms with Gasteiger partial charge in [0.25, 0.3) is 0 Å². The van der Waals surface area contributed by atoms with Gasteiger partial charge < -0.3 is 4.90 Å². The number of thiol groups is 1. The van der Waals surface area contributed by atoms with E-state index in [1.165, 1.54) is 10.6 Å². The van der Waals surface area contributed by atoms with Gasteiger partial charge in [-0.1, -0.05) is 30.3 Å². The molecule has 0 amide bonds. The van der Waals surface area contributed by atoms with Gasteiger partial charge in [0.2, 0.25) is 0 Å². The molecule has 1 aliphatic rings. The first-order valence-corrected chi connectivity index (χ1v) is 7.47. The predicted molar refractivity (Wildman–Crippen MR) is 80.6 cm³/mol. The molecule has 0 saturated heterocycles.